The number of hydrogen-bond acceptors (Lipinski definition) is 7. The maximum Gasteiger partial charge on any atom is 0.240 e. The molecule has 0 amide bonds. The van der Waals surface area contributed by atoms with Gasteiger partial charge in [-0.1, -0.05) is 29.5 Å². The highest BCUT2D eigenvalue weighted by Crippen LogP contribution is 2.45. The van der Waals surface area contributed by atoms with E-state index in [1.807, 2.05) is 24.3 Å². The minimum absolute atomic E-state index is 0.00413. The van der Waals surface area contributed by atoms with Crippen LogP contribution in [0.2, 0.25) is 0 Å². The molecule has 0 aliphatic carbocycles. The van der Waals surface area contributed by atoms with Gasteiger partial charge in [-0.05, 0) is 29.8 Å². The Balaban J connectivity index is 2.04. The van der Waals surface area contributed by atoms with Crippen molar-refractivity contribution in [2.24, 2.45) is 5.73 Å². The molecule has 0 saturated heterocycles. The van der Waals surface area contributed by atoms with Gasteiger partial charge in [-0.2, -0.15) is 5.26 Å². The number of ether oxygens (including phenoxy) is 3. The molecular formula is C21H16N2O4S. The number of methoxy groups -OCH3 is 2. The lowest BCUT2D eigenvalue weighted by Crippen LogP contribution is -2.25. The summed E-state index contributed by atoms with van der Waals surface area (Å²) >= 11 is 1.12. The number of rotatable bonds is 3. The number of nitriles is 1. The summed E-state index contributed by atoms with van der Waals surface area (Å²) in [7, 11) is 3.08. The largest absolute Gasteiger partial charge is 0.493 e. The second-order valence-electron chi connectivity index (χ2n) is 6.17. The molecule has 1 aromatic heterocycles. The van der Waals surface area contributed by atoms with E-state index in [4.69, 9.17) is 19.9 Å². The highest BCUT2D eigenvalue weighted by molar-refractivity contribution is 7.16. The van der Waals surface area contributed by atoms with E-state index in [0.29, 0.717) is 28.4 Å². The fourth-order valence-corrected chi connectivity index (χ4v) is 4.37. The van der Waals surface area contributed by atoms with Crippen LogP contribution in [0.15, 0.2) is 58.7 Å². The zero-order valence-electron chi connectivity index (χ0n) is 15.2. The first kappa shape index (κ1) is 17.9. The van der Waals surface area contributed by atoms with Crippen LogP contribution in [0, 0.1) is 11.3 Å². The quantitative estimate of drug-likeness (QED) is 0.733. The molecule has 28 heavy (non-hydrogen) atoms. The Kier molecular flexibility index (Phi) is 4.41. The molecule has 1 aliphatic rings. The Labute approximate surface area is 165 Å². The van der Waals surface area contributed by atoms with E-state index in [0.717, 1.165) is 21.4 Å². The van der Waals surface area contributed by atoms with E-state index in [9.17, 15) is 10.1 Å². The minimum atomic E-state index is -0.651. The second kappa shape index (κ2) is 6.91. The molecule has 0 spiro atoms. The number of benzene rings is 2. The third-order valence-electron chi connectivity index (χ3n) is 4.72. The minimum Gasteiger partial charge on any atom is -0.493 e. The molecule has 1 atom stereocenters. The number of fused-ring (bicyclic) bond motifs is 3. The van der Waals surface area contributed by atoms with Crippen LogP contribution in [0.4, 0.5) is 0 Å². The fraction of sp³-hybridized carbons (Fsp3) is 0.143. The van der Waals surface area contributed by atoms with E-state index >= 15 is 0 Å². The standard InChI is InChI=1S/C21H16N2O4S/c1-25-14-8-7-11(9-15(14)26-2)17-13(10-22)20(23)27-19-12-5-3-4-6-16(12)28-21(24)18(17)19/h3-9,17H,23H2,1-2H3/t17-/m1/s1. The molecule has 140 valence electrons. The molecule has 0 fully saturated rings. The lowest BCUT2D eigenvalue weighted by molar-refractivity contribution is 0.354. The van der Waals surface area contributed by atoms with E-state index in [2.05, 4.69) is 6.07 Å². The Bertz CT molecular complexity index is 1220. The summed E-state index contributed by atoms with van der Waals surface area (Å²) in [5, 5.41) is 10.5. The van der Waals surface area contributed by atoms with E-state index < -0.39 is 5.92 Å². The second-order valence-corrected chi connectivity index (χ2v) is 7.18. The summed E-state index contributed by atoms with van der Waals surface area (Å²) in [6.07, 6.45) is 0. The molecule has 3 aromatic rings. The van der Waals surface area contributed by atoms with Gasteiger partial charge in [0.2, 0.25) is 10.6 Å². The van der Waals surface area contributed by atoms with E-state index in [-0.39, 0.29) is 16.2 Å². The topological polar surface area (TPSA) is 94.6 Å². The smallest absolute Gasteiger partial charge is 0.240 e. The Morgan fingerprint density at radius 1 is 1.14 bits per heavy atom. The van der Waals surface area contributed by atoms with E-state index in [1.54, 1.807) is 25.3 Å². The zero-order valence-corrected chi connectivity index (χ0v) is 16.0. The van der Waals surface area contributed by atoms with Gasteiger partial charge in [0.05, 0.1) is 25.7 Å². The van der Waals surface area contributed by atoms with Gasteiger partial charge in [0.25, 0.3) is 0 Å². The van der Waals surface area contributed by atoms with Crippen LogP contribution in [-0.2, 0) is 0 Å². The van der Waals surface area contributed by atoms with Crippen molar-refractivity contribution >= 4 is 21.4 Å². The first-order valence-corrected chi connectivity index (χ1v) is 9.26. The van der Waals surface area contributed by atoms with Crippen LogP contribution < -0.4 is 24.7 Å². The SMILES string of the molecule is COc1ccc([C@@H]2C(C#N)=C(N)Oc3c2c(=O)sc2ccccc32)cc1OC. The van der Waals surface area contributed by atoms with Crippen molar-refractivity contribution in [3.05, 3.63) is 74.6 Å². The molecule has 2 aromatic carbocycles. The predicted molar refractivity (Wildman–Crippen MR) is 107 cm³/mol. The molecule has 0 radical (unpaired) electrons. The predicted octanol–water partition coefficient (Wildman–Crippen LogP) is 3.50. The van der Waals surface area contributed by atoms with Crippen LogP contribution in [-0.4, -0.2) is 14.2 Å². The molecule has 2 N–H and O–H groups in total. The number of nitrogens with two attached hydrogens (primary N) is 1. The first-order chi connectivity index (χ1) is 13.6. The van der Waals surface area contributed by atoms with Gasteiger partial charge in [0.15, 0.2) is 11.5 Å². The molecule has 6 nitrogen and oxygen atoms in total. The van der Waals surface area contributed by atoms with Crippen molar-refractivity contribution in [1.29, 1.82) is 5.26 Å². The Morgan fingerprint density at radius 3 is 2.61 bits per heavy atom. The van der Waals surface area contributed by atoms with Gasteiger partial charge >= 0.3 is 0 Å². The van der Waals surface area contributed by atoms with Gasteiger partial charge in [-0.25, -0.2) is 0 Å². The van der Waals surface area contributed by atoms with Crippen LogP contribution in [0.25, 0.3) is 10.1 Å². The van der Waals surface area contributed by atoms with Crippen molar-refractivity contribution in [1.82, 2.24) is 0 Å². The van der Waals surface area contributed by atoms with Crippen molar-refractivity contribution in [2.45, 2.75) is 5.92 Å². The van der Waals surface area contributed by atoms with Gasteiger partial charge in [0.1, 0.15) is 17.4 Å². The highest BCUT2D eigenvalue weighted by Gasteiger charge is 2.35. The lowest BCUT2D eigenvalue weighted by Gasteiger charge is -2.26. The molecule has 7 heteroatoms. The molecule has 0 bridgehead atoms. The van der Waals surface area contributed by atoms with E-state index in [1.165, 1.54) is 7.11 Å². The average molecular weight is 392 g/mol. The van der Waals surface area contributed by atoms with Crippen LogP contribution >= 0.6 is 11.3 Å². The van der Waals surface area contributed by atoms with Crippen molar-refractivity contribution in [2.75, 3.05) is 14.2 Å². The number of hydrogen-bond donors (Lipinski definition) is 1. The Hall–Kier alpha value is -3.50. The molecule has 2 heterocycles. The zero-order chi connectivity index (χ0) is 19.8. The molecule has 0 saturated carbocycles. The average Bonchev–Trinajstić information content (AvgIpc) is 2.72. The Morgan fingerprint density at radius 2 is 1.89 bits per heavy atom. The van der Waals surface area contributed by atoms with Crippen LogP contribution in [0.1, 0.15) is 17.0 Å². The summed E-state index contributed by atoms with van der Waals surface area (Å²) in [6, 6.07) is 14.9. The highest BCUT2D eigenvalue weighted by atomic mass is 32.1. The maximum absolute atomic E-state index is 13.0. The molecule has 1 aliphatic heterocycles. The fourth-order valence-electron chi connectivity index (χ4n) is 3.43. The van der Waals surface area contributed by atoms with Gasteiger partial charge in [-0.3, -0.25) is 4.79 Å². The molecular weight excluding hydrogens is 376 g/mol. The first-order valence-electron chi connectivity index (χ1n) is 8.44. The third-order valence-corrected chi connectivity index (χ3v) is 5.70. The van der Waals surface area contributed by atoms with Gasteiger partial charge in [-0.15, -0.1) is 0 Å². The number of nitrogens with zero attached hydrogens (tertiary/aromatic N) is 1. The summed E-state index contributed by atoms with van der Waals surface area (Å²) in [6.45, 7) is 0. The van der Waals surface area contributed by atoms with Crippen molar-refractivity contribution in [3.63, 3.8) is 0 Å². The lowest BCUT2D eigenvalue weighted by atomic mass is 9.84. The van der Waals surface area contributed by atoms with Crippen LogP contribution in [0.5, 0.6) is 17.2 Å². The van der Waals surface area contributed by atoms with Crippen LogP contribution in [0.3, 0.4) is 0 Å². The van der Waals surface area contributed by atoms with Crippen molar-refractivity contribution in [3.8, 4) is 23.3 Å². The summed E-state index contributed by atoms with van der Waals surface area (Å²) in [5.74, 6) is 0.798. The molecule has 0 unspecified atom stereocenters. The summed E-state index contributed by atoms with van der Waals surface area (Å²) in [4.78, 5) is 13.0. The normalized spacial score (nSPS) is 15.5. The summed E-state index contributed by atoms with van der Waals surface area (Å²) in [5.41, 5.74) is 7.37. The maximum atomic E-state index is 13.0. The molecule has 4 rings (SSSR count). The summed E-state index contributed by atoms with van der Waals surface area (Å²) < 4.78 is 17.1. The van der Waals surface area contributed by atoms with Gasteiger partial charge in [0, 0.05) is 10.1 Å². The number of allylic oxidation sites excluding steroid dienone is 1. The van der Waals surface area contributed by atoms with Crippen molar-refractivity contribution < 1.29 is 14.2 Å². The van der Waals surface area contributed by atoms with Gasteiger partial charge < -0.3 is 19.9 Å². The monoisotopic (exact) mass is 392 g/mol. The third kappa shape index (κ3) is 2.66.